The Hall–Kier alpha value is -2.90. The molecular weight excluding hydrogens is 325 g/mol. The molecule has 1 amide bonds. The van der Waals surface area contributed by atoms with Crippen LogP contribution >= 0.6 is 0 Å². The molecule has 0 fully saturated rings. The standard InChI is InChI=1S/C16H15F3N2O3/c1-23-13-8-4-3-7-12(13)21-15(22)10-20-11-6-2-5-9-14(11)24-16(17,18)19/h2-9,20H,10H2,1H3,(H,21,22). The van der Waals surface area contributed by atoms with Crippen LogP contribution in [-0.2, 0) is 4.79 Å². The molecule has 0 unspecified atom stereocenters. The first-order valence-electron chi connectivity index (χ1n) is 6.90. The summed E-state index contributed by atoms with van der Waals surface area (Å²) in [6, 6.07) is 12.3. The zero-order valence-corrected chi connectivity index (χ0v) is 12.7. The fourth-order valence-corrected chi connectivity index (χ4v) is 1.94. The van der Waals surface area contributed by atoms with E-state index in [0.29, 0.717) is 11.4 Å². The summed E-state index contributed by atoms with van der Waals surface area (Å²) in [4.78, 5) is 12.0. The third kappa shape index (κ3) is 5.08. The van der Waals surface area contributed by atoms with Crippen molar-refractivity contribution in [1.82, 2.24) is 0 Å². The van der Waals surface area contributed by atoms with E-state index in [0.717, 1.165) is 6.07 Å². The number of ether oxygens (including phenoxy) is 2. The van der Waals surface area contributed by atoms with Gasteiger partial charge in [-0.2, -0.15) is 0 Å². The first-order valence-corrected chi connectivity index (χ1v) is 6.90. The number of anilines is 2. The molecule has 128 valence electrons. The normalized spacial score (nSPS) is 10.8. The number of halogens is 3. The van der Waals surface area contributed by atoms with Crippen LogP contribution in [0.5, 0.6) is 11.5 Å². The zero-order valence-electron chi connectivity index (χ0n) is 12.7. The zero-order chi connectivity index (χ0) is 17.6. The Bertz CT molecular complexity index is 705. The van der Waals surface area contributed by atoms with E-state index < -0.39 is 18.0 Å². The van der Waals surface area contributed by atoms with Crippen LogP contribution in [0.25, 0.3) is 0 Å². The number of nitrogens with one attached hydrogen (secondary N) is 2. The van der Waals surface area contributed by atoms with Gasteiger partial charge in [-0.05, 0) is 24.3 Å². The third-order valence-corrected chi connectivity index (χ3v) is 2.93. The molecule has 0 aliphatic rings. The van der Waals surface area contributed by atoms with Gasteiger partial charge in [-0.1, -0.05) is 24.3 Å². The van der Waals surface area contributed by atoms with Crippen molar-refractivity contribution in [2.24, 2.45) is 0 Å². The highest BCUT2D eigenvalue weighted by atomic mass is 19.4. The molecule has 8 heteroatoms. The minimum absolute atomic E-state index is 0.0602. The molecule has 0 bridgehead atoms. The van der Waals surface area contributed by atoms with Gasteiger partial charge >= 0.3 is 6.36 Å². The van der Waals surface area contributed by atoms with Crippen LogP contribution in [0, 0.1) is 0 Å². The van der Waals surface area contributed by atoms with Crippen molar-refractivity contribution in [3.05, 3.63) is 48.5 Å². The first kappa shape index (κ1) is 17.5. The molecule has 2 rings (SSSR count). The number of para-hydroxylation sites is 4. The van der Waals surface area contributed by atoms with E-state index in [9.17, 15) is 18.0 Å². The van der Waals surface area contributed by atoms with Crippen LogP contribution in [0.3, 0.4) is 0 Å². The predicted octanol–water partition coefficient (Wildman–Crippen LogP) is 3.64. The largest absolute Gasteiger partial charge is 0.573 e. The van der Waals surface area contributed by atoms with Crippen molar-refractivity contribution in [2.45, 2.75) is 6.36 Å². The Morgan fingerprint density at radius 1 is 1.00 bits per heavy atom. The highest BCUT2D eigenvalue weighted by Gasteiger charge is 2.32. The van der Waals surface area contributed by atoms with Crippen LogP contribution < -0.4 is 20.1 Å². The molecule has 5 nitrogen and oxygen atoms in total. The van der Waals surface area contributed by atoms with Gasteiger partial charge in [0.2, 0.25) is 5.91 Å². The Morgan fingerprint density at radius 3 is 2.21 bits per heavy atom. The van der Waals surface area contributed by atoms with Crippen molar-refractivity contribution in [1.29, 1.82) is 0 Å². The number of carbonyl (C=O) groups excluding carboxylic acids is 1. The molecule has 0 saturated heterocycles. The molecule has 24 heavy (non-hydrogen) atoms. The number of carbonyl (C=O) groups is 1. The Labute approximate surface area is 136 Å². The van der Waals surface area contributed by atoms with Crippen molar-refractivity contribution < 1.29 is 27.4 Å². The number of hydrogen-bond donors (Lipinski definition) is 2. The molecule has 0 spiro atoms. The summed E-state index contributed by atoms with van der Waals surface area (Å²) < 4.78 is 46.1. The highest BCUT2D eigenvalue weighted by Crippen LogP contribution is 2.29. The van der Waals surface area contributed by atoms with Gasteiger partial charge in [0, 0.05) is 0 Å². The van der Waals surface area contributed by atoms with E-state index in [1.165, 1.54) is 25.3 Å². The molecule has 0 atom stereocenters. The second-order valence-electron chi connectivity index (χ2n) is 4.65. The summed E-state index contributed by atoms with van der Waals surface area (Å²) in [6.45, 7) is -0.240. The topological polar surface area (TPSA) is 59.6 Å². The lowest BCUT2D eigenvalue weighted by Crippen LogP contribution is -2.23. The van der Waals surface area contributed by atoms with E-state index in [2.05, 4.69) is 15.4 Å². The molecule has 0 aliphatic heterocycles. The summed E-state index contributed by atoms with van der Waals surface area (Å²) in [6.07, 6.45) is -4.81. The van der Waals surface area contributed by atoms with Gasteiger partial charge in [0.25, 0.3) is 0 Å². The van der Waals surface area contributed by atoms with Gasteiger partial charge in [-0.25, -0.2) is 0 Å². The Kier molecular flexibility index (Phi) is 5.51. The minimum atomic E-state index is -4.81. The number of methoxy groups -OCH3 is 1. The lowest BCUT2D eigenvalue weighted by Gasteiger charge is -2.15. The molecule has 0 radical (unpaired) electrons. The maximum Gasteiger partial charge on any atom is 0.573 e. The number of amides is 1. The van der Waals surface area contributed by atoms with Gasteiger partial charge < -0.3 is 20.1 Å². The van der Waals surface area contributed by atoms with Gasteiger partial charge in [-0.15, -0.1) is 13.2 Å². The van der Waals surface area contributed by atoms with Gasteiger partial charge in [0.15, 0.2) is 5.75 Å². The van der Waals surface area contributed by atoms with E-state index in [1.54, 1.807) is 24.3 Å². The fourth-order valence-electron chi connectivity index (χ4n) is 1.94. The predicted molar refractivity (Wildman–Crippen MR) is 83.2 cm³/mol. The van der Waals surface area contributed by atoms with Crippen LogP contribution in [-0.4, -0.2) is 25.9 Å². The fraction of sp³-hybridized carbons (Fsp3) is 0.188. The number of hydrogen-bond acceptors (Lipinski definition) is 4. The average molecular weight is 340 g/mol. The summed E-state index contributed by atoms with van der Waals surface area (Å²) in [5.41, 5.74) is 0.525. The average Bonchev–Trinajstić information content (AvgIpc) is 2.53. The van der Waals surface area contributed by atoms with Crippen LogP contribution in [0.1, 0.15) is 0 Å². The van der Waals surface area contributed by atoms with Gasteiger partial charge in [0.05, 0.1) is 25.0 Å². The molecule has 2 aromatic rings. The lowest BCUT2D eigenvalue weighted by molar-refractivity contribution is -0.274. The van der Waals surface area contributed by atoms with Crippen molar-refractivity contribution >= 4 is 17.3 Å². The lowest BCUT2D eigenvalue weighted by atomic mass is 10.2. The SMILES string of the molecule is COc1ccccc1NC(=O)CNc1ccccc1OC(F)(F)F. The molecule has 0 heterocycles. The molecular formula is C16H15F3N2O3. The molecule has 0 aromatic heterocycles. The first-order chi connectivity index (χ1) is 11.4. The van der Waals surface area contributed by atoms with Gasteiger partial charge in [0.1, 0.15) is 5.75 Å². The van der Waals surface area contributed by atoms with Crippen molar-refractivity contribution in [3.8, 4) is 11.5 Å². The number of rotatable bonds is 6. The van der Waals surface area contributed by atoms with E-state index in [-0.39, 0.29) is 12.2 Å². The number of alkyl halides is 3. The van der Waals surface area contributed by atoms with E-state index in [1.807, 2.05) is 0 Å². The Morgan fingerprint density at radius 2 is 1.58 bits per heavy atom. The quantitative estimate of drug-likeness (QED) is 0.843. The van der Waals surface area contributed by atoms with Crippen LogP contribution in [0.15, 0.2) is 48.5 Å². The van der Waals surface area contributed by atoms with E-state index in [4.69, 9.17) is 4.74 Å². The smallest absolute Gasteiger partial charge is 0.495 e. The highest BCUT2D eigenvalue weighted by molar-refractivity contribution is 5.95. The van der Waals surface area contributed by atoms with Gasteiger partial charge in [-0.3, -0.25) is 4.79 Å². The maximum absolute atomic E-state index is 12.3. The third-order valence-electron chi connectivity index (χ3n) is 2.93. The minimum Gasteiger partial charge on any atom is -0.495 e. The Balaban J connectivity index is 1.99. The van der Waals surface area contributed by atoms with Crippen molar-refractivity contribution in [3.63, 3.8) is 0 Å². The molecule has 0 aliphatic carbocycles. The number of benzene rings is 2. The maximum atomic E-state index is 12.3. The second kappa shape index (κ2) is 7.58. The van der Waals surface area contributed by atoms with Crippen LogP contribution in [0.2, 0.25) is 0 Å². The molecule has 2 N–H and O–H groups in total. The van der Waals surface area contributed by atoms with E-state index >= 15 is 0 Å². The summed E-state index contributed by atoms with van der Waals surface area (Å²) in [7, 11) is 1.47. The summed E-state index contributed by atoms with van der Waals surface area (Å²) in [5.74, 6) is -0.372. The summed E-state index contributed by atoms with van der Waals surface area (Å²) >= 11 is 0. The second-order valence-corrected chi connectivity index (χ2v) is 4.65. The van der Waals surface area contributed by atoms with Crippen LogP contribution in [0.4, 0.5) is 24.5 Å². The molecule has 2 aromatic carbocycles. The summed E-state index contributed by atoms with van der Waals surface area (Å²) in [5, 5.41) is 5.23. The molecule has 0 saturated carbocycles. The van der Waals surface area contributed by atoms with Crippen molar-refractivity contribution in [2.75, 3.05) is 24.3 Å². The monoisotopic (exact) mass is 340 g/mol.